The summed E-state index contributed by atoms with van der Waals surface area (Å²) in [6.45, 7) is 2.45. The van der Waals surface area contributed by atoms with Gasteiger partial charge in [0.05, 0.1) is 12.3 Å². The fourth-order valence-electron chi connectivity index (χ4n) is 2.63. The maximum absolute atomic E-state index is 12.2. The molecule has 2 N–H and O–H groups in total. The SMILES string of the molecule is CCc1ccc(Nc2nnc(SCC(=O)NCc3nnc4ccccn34)s2)cc1. The van der Waals surface area contributed by atoms with Crippen LogP contribution in [0.3, 0.4) is 0 Å². The number of fused-ring (bicyclic) bond motifs is 1. The van der Waals surface area contributed by atoms with Crippen LogP contribution in [-0.2, 0) is 17.8 Å². The Morgan fingerprint density at radius 1 is 1.10 bits per heavy atom. The Morgan fingerprint density at radius 3 is 2.79 bits per heavy atom. The van der Waals surface area contributed by atoms with Gasteiger partial charge in [0, 0.05) is 11.9 Å². The first-order valence-electron chi connectivity index (χ1n) is 9.09. The molecule has 8 nitrogen and oxygen atoms in total. The Morgan fingerprint density at radius 2 is 1.97 bits per heavy atom. The van der Waals surface area contributed by atoms with Gasteiger partial charge in [0.2, 0.25) is 11.0 Å². The third kappa shape index (κ3) is 4.90. The number of rotatable bonds is 8. The first-order valence-corrected chi connectivity index (χ1v) is 10.9. The van der Waals surface area contributed by atoms with Crippen LogP contribution in [0.15, 0.2) is 53.0 Å². The summed E-state index contributed by atoms with van der Waals surface area (Å²) in [4.78, 5) is 12.2. The second kappa shape index (κ2) is 9.01. The molecule has 4 rings (SSSR count). The largest absolute Gasteiger partial charge is 0.348 e. The van der Waals surface area contributed by atoms with E-state index in [-0.39, 0.29) is 11.7 Å². The lowest BCUT2D eigenvalue weighted by Crippen LogP contribution is -2.25. The molecule has 0 aliphatic heterocycles. The molecule has 0 unspecified atom stereocenters. The fourth-order valence-corrected chi connectivity index (χ4v) is 4.24. The second-order valence-corrected chi connectivity index (χ2v) is 8.36. The van der Waals surface area contributed by atoms with Gasteiger partial charge < -0.3 is 10.6 Å². The average molecular weight is 426 g/mol. The number of carbonyl (C=O) groups is 1. The normalized spacial score (nSPS) is 10.9. The summed E-state index contributed by atoms with van der Waals surface area (Å²) < 4.78 is 2.59. The molecule has 0 saturated carbocycles. The molecule has 1 amide bonds. The van der Waals surface area contributed by atoms with Crippen LogP contribution in [0.4, 0.5) is 10.8 Å². The second-order valence-electron chi connectivity index (χ2n) is 6.16. The van der Waals surface area contributed by atoms with Crippen molar-refractivity contribution in [1.82, 2.24) is 30.1 Å². The number of anilines is 2. The van der Waals surface area contributed by atoms with E-state index in [0.29, 0.717) is 17.5 Å². The van der Waals surface area contributed by atoms with Crippen molar-refractivity contribution in [2.75, 3.05) is 11.1 Å². The minimum Gasteiger partial charge on any atom is -0.348 e. The lowest BCUT2D eigenvalue weighted by Gasteiger charge is -2.03. The number of carbonyl (C=O) groups excluding carboxylic acids is 1. The molecular formula is C19H19N7OS2. The standard InChI is InChI=1S/C19H19N7OS2/c1-2-13-6-8-14(9-7-13)21-18-24-25-19(29-18)28-12-17(27)20-11-16-23-22-15-5-3-4-10-26(15)16/h3-10H,2,11-12H2,1H3,(H,20,27)(H,21,24). The van der Waals surface area contributed by atoms with E-state index in [1.54, 1.807) is 0 Å². The minimum atomic E-state index is -0.0949. The van der Waals surface area contributed by atoms with Crippen LogP contribution in [0.2, 0.25) is 0 Å². The number of amides is 1. The molecular weight excluding hydrogens is 406 g/mol. The lowest BCUT2D eigenvalue weighted by molar-refractivity contribution is -0.118. The predicted octanol–water partition coefficient (Wildman–Crippen LogP) is 3.30. The Hall–Kier alpha value is -2.98. The molecule has 4 aromatic rings. The van der Waals surface area contributed by atoms with Gasteiger partial charge in [0.15, 0.2) is 15.8 Å². The fraction of sp³-hybridized carbons (Fsp3) is 0.211. The van der Waals surface area contributed by atoms with Gasteiger partial charge in [-0.1, -0.05) is 48.2 Å². The van der Waals surface area contributed by atoms with Crippen molar-refractivity contribution in [3.8, 4) is 0 Å². The first kappa shape index (κ1) is 19.3. The minimum absolute atomic E-state index is 0.0949. The maximum atomic E-state index is 12.2. The number of nitrogens with one attached hydrogen (secondary N) is 2. The number of hydrogen-bond acceptors (Lipinski definition) is 8. The maximum Gasteiger partial charge on any atom is 0.230 e. The van der Waals surface area contributed by atoms with Crippen molar-refractivity contribution < 1.29 is 4.79 Å². The Kier molecular flexibility index (Phi) is 6.01. The predicted molar refractivity (Wildman–Crippen MR) is 115 cm³/mol. The van der Waals surface area contributed by atoms with Crippen LogP contribution in [0.25, 0.3) is 5.65 Å². The van der Waals surface area contributed by atoms with E-state index in [1.807, 2.05) is 40.9 Å². The van der Waals surface area contributed by atoms with Crippen molar-refractivity contribution >= 4 is 45.5 Å². The van der Waals surface area contributed by atoms with Gasteiger partial charge in [0.1, 0.15) is 0 Å². The molecule has 0 spiro atoms. The third-order valence-corrected chi connectivity index (χ3v) is 6.15. The van der Waals surface area contributed by atoms with E-state index in [1.165, 1.54) is 28.7 Å². The molecule has 148 valence electrons. The highest BCUT2D eigenvalue weighted by Crippen LogP contribution is 2.27. The summed E-state index contributed by atoms with van der Waals surface area (Å²) >= 11 is 2.78. The molecule has 0 aliphatic rings. The zero-order valence-electron chi connectivity index (χ0n) is 15.7. The van der Waals surface area contributed by atoms with Crippen LogP contribution >= 0.6 is 23.1 Å². The molecule has 3 heterocycles. The van der Waals surface area contributed by atoms with Gasteiger partial charge in [-0.2, -0.15) is 0 Å². The van der Waals surface area contributed by atoms with Crippen LogP contribution in [0.1, 0.15) is 18.3 Å². The van der Waals surface area contributed by atoms with Crippen LogP contribution in [0.5, 0.6) is 0 Å². The molecule has 29 heavy (non-hydrogen) atoms. The summed E-state index contributed by atoms with van der Waals surface area (Å²) in [5.41, 5.74) is 3.01. The number of benzene rings is 1. The molecule has 10 heteroatoms. The van der Waals surface area contributed by atoms with E-state index < -0.39 is 0 Å². The van der Waals surface area contributed by atoms with Gasteiger partial charge in [0.25, 0.3) is 0 Å². The van der Waals surface area contributed by atoms with Crippen molar-refractivity contribution in [3.05, 3.63) is 60.0 Å². The third-order valence-electron chi connectivity index (χ3n) is 4.17. The number of nitrogens with zero attached hydrogens (tertiary/aromatic N) is 5. The smallest absolute Gasteiger partial charge is 0.230 e. The molecule has 0 radical (unpaired) electrons. The molecule has 1 aromatic carbocycles. The highest BCUT2D eigenvalue weighted by atomic mass is 32.2. The molecule has 0 bridgehead atoms. The highest BCUT2D eigenvalue weighted by molar-refractivity contribution is 8.01. The molecule has 3 aromatic heterocycles. The number of hydrogen-bond donors (Lipinski definition) is 2. The topological polar surface area (TPSA) is 97.1 Å². The van der Waals surface area contributed by atoms with Gasteiger partial charge in [-0.3, -0.25) is 9.20 Å². The summed E-state index contributed by atoms with van der Waals surface area (Å²) in [5.74, 6) is 0.856. The van der Waals surface area contributed by atoms with E-state index in [0.717, 1.165) is 22.1 Å². The summed E-state index contributed by atoms with van der Waals surface area (Å²) in [5, 5.41) is 23.2. The van der Waals surface area contributed by atoms with E-state index in [2.05, 4.69) is 50.1 Å². The zero-order chi connectivity index (χ0) is 20.1. The monoisotopic (exact) mass is 425 g/mol. The van der Waals surface area contributed by atoms with Gasteiger partial charge in [-0.15, -0.1) is 20.4 Å². The van der Waals surface area contributed by atoms with Crippen molar-refractivity contribution in [2.24, 2.45) is 0 Å². The van der Waals surface area contributed by atoms with Crippen molar-refractivity contribution in [3.63, 3.8) is 0 Å². The van der Waals surface area contributed by atoms with Crippen LogP contribution < -0.4 is 10.6 Å². The number of pyridine rings is 1. The van der Waals surface area contributed by atoms with Crippen molar-refractivity contribution in [1.29, 1.82) is 0 Å². The number of aryl methyl sites for hydroxylation is 1. The summed E-state index contributed by atoms with van der Waals surface area (Å²) in [6, 6.07) is 13.9. The van der Waals surface area contributed by atoms with E-state index in [9.17, 15) is 4.79 Å². The van der Waals surface area contributed by atoms with Gasteiger partial charge in [-0.05, 0) is 36.2 Å². The molecule has 0 fully saturated rings. The Balaban J connectivity index is 1.26. The Labute approximate surface area is 175 Å². The van der Waals surface area contributed by atoms with E-state index >= 15 is 0 Å². The first-order chi connectivity index (χ1) is 14.2. The van der Waals surface area contributed by atoms with Gasteiger partial charge in [-0.25, -0.2) is 0 Å². The average Bonchev–Trinajstić information content (AvgIpc) is 3.38. The van der Waals surface area contributed by atoms with Crippen LogP contribution in [0, 0.1) is 0 Å². The Bertz CT molecular complexity index is 1110. The zero-order valence-corrected chi connectivity index (χ0v) is 17.3. The van der Waals surface area contributed by atoms with Gasteiger partial charge >= 0.3 is 0 Å². The summed E-state index contributed by atoms with van der Waals surface area (Å²) in [6.07, 6.45) is 2.88. The molecule has 0 atom stereocenters. The molecule has 0 aliphatic carbocycles. The van der Waals surface area contributed by atoms with Crippen LogP contribution in [-0.4, -0.2) is 36.5 Å². The quantitative estimate of drug-likeness (QED) is 0.418. The number of aromatic nitrogens is 5. The van der Waals surface area contributed by atoms with E-state index in [4.69, 9.17) is 0 Å². The lowest BCUT2D eigenvalue weighted by atomic mass is 10.1. The molecule has 0 saturated heterocycles. The number of thioether (sulfide) groups is 1. The summed E-state index contributed by atoms with van der Waals surface area (Å²) in [7, 11) is 0. The highest BCUT2D eigenvalue weighted by Gasteiger charge is 2.10. The van der Waals surface area contributed by atoms with Crippen molar-refractivity contribution in [2.45, 2.75) is 24.2 Å².